The molecule has 0 aliphatic heterocycles. The maximum absolute atomic E-state index is 9.30. The molecule has 20 heavy (non-hydrogen) atoms. The third-order valence-corrected chi connectivity index (χ3v) is 3.58. The Balaban J connectivity index is 2.22. The number of aliphatic hydroxyl groups is 1. The summed E-state index contributed by atoms with van der Waals surface area (Å²) >= 11 is 0. The van der Waals surface area contributed by atoms with Crippen LogP contribution in [0, 0.1) is 0 Å². The van der Waals surface area contributed by atoms with Crippen molar-refractivity contribution in [3.8, 4) is 0 Å². The summed E-state index contributed by atoms with van der Waals surface area (Å²) in [6.45, 7) is 0.610. The molecule has 0 spiro atoms. The molecule has 0 radical (unpaired) electrons. The summed E-state index contributed by atoms with van der Waals surface area (Å²) in [5.74, 6) is 0. The van der Waals surface area contributed by atoms with E-state index in [1.807, 2.05) is 47.0 Å². The average molecular weight is 263 g/mol. The fourth-order valence-corrected chi connectivity index (χ4v) is 2.71. The van der Waals surface area contributed by atoms with Crippen molar-refractivity contribution in [1.29, 1.82) is 0 Å². The van der Waals surface area contributed by atoms with Crippen LogP contribution in [0.25, 0.3) is 33.1 Å². The zero-order valence-electron chi connectivity index (χ0n) is 10.8. The molecule has 0 amide bonds. The van der Waals surface area contributed by atoms with Crippen LogP contribution >= 0.6 is 0 Å². The smallest absolute Gasteiger partial charge is 0.160 e. The minimum atomic E-state index is 0.0856. The van der Waals surface area contributed by atoms with E-state index in [0.29, 0.717) is 6.54 Å². The van der Waals surface area contributed by atoms with Gasteiger partial charge >= 0.3 is 0 Å². The van der Waals surface area contributed by atoms with E-state index in [0.717, 1.165) is 33.1 Å². The van der Waals surface area contributed by atoms with Crippen LogP contribution in [0.2, 0.25) is 0 Å². The molecule has 98 valence electrons. The number of nitrogens with zero attached hydrogens (tertiary/aromatic N) is 3. The molecule has 0 fully saturated rings. The second kappa shape index (κ2) is 4.28. The minimum Gasteiger partial charge on any atom is -0.395 e. The molecule has 1 N–H and O–H groups in total. The number of para-hydroxylation sites is 3. The van der Waals surface area contributed by atoms with Crippen molar-refractivity contribution < 1.29 is 5.11 Å². The molecule has 0 bridgehead atoms. The van der Waals surface area contributed by atoms with Crippen LogP contribution < -0.4 is 0 Å². The Labute approximate surface area is 115 Å². The Hall–Kier alpha value is -2.46. The van der Waals surface area contributed by atoms with Gasteiger partial charge in [-0.1, -0.05) is 30.3 Å². The highest BCUT2D eigenvalue weighted by Crippen LogP contribution is 2.27. The lowest BCUT2D eigenvalue weighted by Gasteiger charge is -2.04. The van der Waals surface area contributed by atoms with Crippen LogP contribution in [0.15, 0.2) is 48.5 Å². The maximum atomic E-state index is 9.30. The molecule has 0 atom stereocenters. The van der Waals surface area contributed by atoms with Gasteiger partial charge in [0.15, 0.2) is 5.65 Å². The number of aliphatic hydroxyl groups excluding tert-OH is 1. The lowest BCUT2D eigenvalue weighted by Crippen LogP contribution is -2.02. The lowest BCUT2D eigenvalue weighted by atomic mass is 10.2. The zero-order valence-corrected chi connectivity index (χ0v) is 10.8. The van der Waals surface area contributed by atoms with Gasteiger partial charge in [-0.3, -0.25) is 0 Å². The van der Waals surface area contributed by atoms with Crippen molar-refractivity contribution in [2.75, 3.05) is 6.61 Å². The Kier molecular flexibility index (Phi) is 2.44. The standard InChI is InChI=1S/C16H13N3O/c20-10-9-19-14-8-4-1-5-11(14)15-16(19)18-13-7-3-2-6-12(13)17-15/h1-8,20H,9-10H2. The number of fused-ring (bicyclic) bond motifs is 4. The number of hydrogen-bond acceptors (Lipinski definition) is 3. The molecule has 4 nitrogen and oxygen atoms in total. The molecule has 0 aliphatic carbocycles. The summed E-state index contributed by atoms with van der Waals surface area (Å²) in [6, 6.07) is 15.9. The highest BCUT2D eigenvalue weighted by molar-refractivity contribution is 6.06. The van der Waals surface area contributed by atoms with E-state index in [2.05, 4.69) is 6.07 Å². The Bertz CT molecular complexity index is 927. The van der Waals surface area contributed by atoms with E-state index >= 15 is 0 Å². The maximum Gasteiger partial charge on any atom is 0.160 e. The Morgan fingerprint density at radius 2 is 1.60 bits per heavy atom. The molecule has 2 aromatic carbocycles. The summed E-state index contributed by atoms with van der Waals surface area (Å²) in [5, 5.41) is 10.4. The van der Waals surface area contributed by atoms with E-state index in [4.69, 9.17) is 9.97 Å². The molecule has 4 aromatic rings. The van der Waals surface area contributed by atoms with Crippen LogP contribution in [0.3, 0.4) is 0 Å². The normalized spacial score (nSPS) is 11.7. The molecular formula is C16H13N3O. The molecule has 0 aliphatic rings. The van der Waals surface area contributed by atoms with E-state index in [1.165, 1.54) is 0 Å². The summed E-state index contributed by atoms with van der Waals surface area (Å²) in [5.41, 5.74) is 4.56. The monoisotopic (exact) mass is 263 g/mol. The second-order valence-corrected chi connectivity index (χ2v) is 4.78. The van der Waals surface area contributed by atoms with Gasteiger partial charge in [0.05, 0.1) is 23.2 Å². The molecule has 0 unspecified atom stereocenters. The van der Waals surface area contributed by atoms with E-state index < -0.39 is 0 Å². The van der Waals surface area contributed by atoms with Gasteiger partial charge in [0.2, 0.25) is 0 Å². The number of hydrogen-bond donors (Lipinski definition) is 1. The summed E-state index contributed by atoms with van der Waals surface area (Å²) in [4.78, 5) is 9.47. The van der Waals surface area contributed by atoms with Crippen molar-refractivity contribution in [3.63, 3.8) is 0 Å². The van der Waals surface area contributed by atoms with Crippen LogP contribution in [0.1, 0.15) is 0 Å². The quantitative estimate of drug-likeness (QED) is 0.605. The van der Waals surface area contributed by atoms with Gasteiger partial charge in [0.1, 0.15) is 5.52 Å². The van der Waals surface area contributed by atoms with Crippen LogP contribution in [-0.4, -0.2) is 26.2 Å². The van der Waals surface area contributed by atoms with E-state index in [-0.39, 0.29) is 6.61 Å². The fourth-order valence-electron chi connectivity index (χ4n) is 2.71. The first-order chi connectivity index (χ1) is 9.88. The van der Waals surface area contributed by atoms with Gasteiger partial charge in [-0.05, 0) is 18.2 Å². The average Bonchev–Trinajstić information content (AvgIpc) is 2.80. The highest BCUT2D eigenvalue weighted by atomic mass is 16.3. The van der Waals surface area contributed by atoms with Gasteiger partial charge in [-0.2, -0.15) is 0 Å². The van der Waals surface area contributed by atoms with Crippen molar-refractivity contribution in [1.82, 2.24) is 14.5 Å². The zero-order chi connectivity index (χ0) is 13.5. The highest BCUT2D eigenvalue weighted by Gasteiger charge is 2.13. The van der Waals surface area contributed by atoms with E-state index in [9.17, 15) is 5.11 Å². The minimum absolute atomic E-state index is 0.0856. The summed E-state index contributed by atoms with van der Waals surface area (Å²) in [7, 11) is 0. The predicted molar refractivity (Wildman–Crippen MR) is 79.6 cm³/mol. The molecular weight excluding hydrogens is 250 g/mol. The first kappa shape index (κ1) is 11.4. The topological polar surface area (TPSA) is 50.9 Å². The molecule has 4 rings (SSSR count). The second-order valence-electron chi connectivity index (χ2n) is 4.78. The predicted octanol–water partition coefficient (Wildman–Crippen LogP) is 2.73. The van der Waals surface area contributed by atoms with Gasteiger partial charge in [-0.15, -0.1) is 0 Å². The molecule has 0 saturated heterocycles. The molecule has 2 heterocycles. The number of aromatic nitrogens is 3. The Morgan fingerprint density at radius 1 is 0.900 bits per heavy atom. The van der Waals surface area contributed by atoms with Gasteiger partial charge in [0, 0.05) is 11.9 Å². The van der Waals surface area contributed by atoms with Crippen molar-refractivity contribution >= 4 is 33.1 Å². The van der Waals surface area contributed by atoms with Crippen molar-refractivity contribution in [2.45, 2.75) is 6.54 Å². The van der Waals surface area contributed by atoms with Crippen LogP contribution in [-0.2, 0) is 6.54 Å². The largest absolute Gasteiger partial charge is 0.395 e. The summed E-state index contributed by atoms with van der Waals surface area (Å²) < 4.78 is 2.03. The number of rotatable bonds is 2. The van der Waals surface area contributed by atoms with Gasteiger partial charge in [0.25, 0.3) is 0 Å². The van der Waals surface area contributed by atoms with Crippen molar-refractivity contribution in [3.05, 3.63) is 48.5 Å². The van der Waals surface area contributed by atoms with Crippen LogP contribution in [0.5, 0.6) is 0 Å². The lowest BCUT2D eigenvalue weighted by molar-refractivity contribution is 0.279. The number of benzene rings is 2. The van der Waals surface area contributed by atoms with Crippen molar-refractivity contribution in [2.24, 2.45) is 0 Å². The fraction of sp³-hybridized carbons (Fsp3) is 0.125. The third kappa shape index (κ3) is 1.52. The van der Waals surface area contributed by atoms with Crippen LogP contribution in [0.4, 0.5) is 0 Å². The SMILES string of the molecule is OCCn1c2ccccc2c2nc3ccccc3nc21. The first-order valence-corrected chi connectivity index (χ1v) is 6.63. The first-order valence-electron chi connectivity index (χ1n) is 6.63. The third-order valence-electron chi connectivity index (χ3n) is 3.58. The molecule has 4 heteroatoms. The van der Waals surface area contributed by atoms with Gasteiger partial charge < -0.3 is 9.67 Å². The Morgan fingerprint density at radius 3 is 2.40 bits per heavy atom. The molecule has 2 aromatic heterocycles. The summed E-state index contributed by atoms with van der Waals surface area (Å²) in [6.07, 6.45) is 0. The van der Waals surface area contributed by atoms with E-state index in [1.54, 1.807) is 0 Å². The van der Waals surface area contributed by atoms with Gasteiger partial charge in [-0.25, -0.2) is 9.97 Å². The molecule has 0 saturated carbocycles.